The number of benzene rings is 1. The second kappa shape index (κ2) is 7.51. The normalized spacial score (nSPS) is 10.2. The molecular weight excluding hydrogens is 282 g/mol. The summed E-state index contributed by atoms with van der Waals surface area (Å²) in [5, 5.41) is 2.55. The SMILES string of the molecule is COC(=O)c1ccc(C)c(C#CCNC(=O)OC(C)(C)C)c1. The van der Waals surface area contributed by atoms with E-state index in [2.05, 4.69) is 21.9 Å². The van der Waals surface area contributed by atoms with E-state index in [0.29, 0.717) is 11.1 Å². The Hall–Kier alpha value is -2.48. The third-order valence-electron chi connectivity index (χ3n) is 2.60. The number of carbonyl (C=O) groups excluding carboxylic acids is 2. The fourth-order valence-corrected chi connectivity index (χ4v) is 1.57. The fourth-order valence-electron chi connectivity index (χ4n) is 1.57. The predicted molar refractivity (Wildman–Crippen MR) is 83.6 cm³/mol. The van der Waals surface area contributed by atoms with Gasteiger partial charge in [-0.25, -0.2) is 9.59 Å². The second-order valence-corrected chi connectivity index (χ2v) is 5.68. The molecule has 22 heavy (non-hydrogen) atoms. The molecule has 118 valence electrons. The van der Waals surface area contributed by atoms with Crippen LogP contribution in [0.5, 0.6) is 0 Å². The van der Waals surface area contributed by atoms with E-state index in [9.17, 15) is 9.59 Å². The van der Waals surface area contributed by atoms with Gasteiger partial charge in [0.25, 0.3) is 0 Å². The van der Waals surface area contributed by atoms with Gasteiger partial charge in [0.1, 0.15) is 5.60 Å². The molecule has 0 aliphatic heterocycles. The molecule has 5 nitrogen and oxygen atoms in total. The number of methoxy groups -OCH3 is 1. The molecule has 0 radical (unpaired) electrons. The zero-order valence-electron chi connectivity index (χ0n) is 13.6. The summed E-state index contributed by atoms with van der Waals surface area (Å²) in [6.45, 7) is 7.43. The van der Waals surface area contributed by atoms with E-state index in [1.54, 1.807) is 39.0 Å². The van der Waals surface area contributed by atoms with Crippen molar-refractivity contribution in [2.24, 2.45) is 0 Å². The van der Waals surface area contributed by atoms with Crippen LogP contribution in [0.3, 0.4) is 0 Å². The van der Waals surface area contributed by atoms with Crippen molar-refractivity contribution in [3.05, 3.63) is 34.9 Å². The lowest BCUT2D eigenvalue weighted by Gasteiger charge is -2.19. The number of esters is 1. The maximum Gasteiger partial charge on any atom is 0.408 e. The summed E-state index contributed by atoms with van der Waals surface area (Å²) in [7, 11) is 1.33. The lowest BCUT2D eigenvalue weighted by Crippen LogP contribution is -2.32. The maximum atomic E-state index is 11.5. The van der Waals surface area contributed by atoms with Gasteiger partial charge in [0.15, 0.2) is 0 Å². The predicted octanol–water partition coefficient (Wildman–Crippen LogP) is 2.66. The van der Waals surface area contributed by atoms with E-state index in [-0.39, 0.29) is 6.54 Å². The minimum absolute atomic E-state index is 0.163. The highest BCUT2D eigenvalue weighted by molar-refractivity contribution is 5.89. The van der Waals surface area contributed by atoms with Gasteiger partial charge in [0, 0.05) is 5.56 Å². The standard InChI is InChI=1S/C17H21NO4/c1-12-8-9-14(15(19)21-5)11-13(12)7-6-10-18-16(20)22-17(2,3)4/h8-9,11H,10H2,1-5H3,(H,18,20). The molecule has 0 heterocycles. The zero-order valence-corrected chi connectivity index (χ0v) is 13.6. The molecule has 0 fully saturated rings. The van der Waals surface area contributed by atoms with Crippen molar-refractivity contribution >= 4 is 12.1 Å². The van der Waals surface area contributed by atoms with Gasteiger partial charge in [-0.2, -0.15) is 0 Å². The molecule has 1 amide bonds. The highest BCUT2D eigenvalue weighted by Crippen LogP contribution is 2.11. The van der Waals surface area contributed by atoms with Crippen LogP contribution >= 0.6 is 0 Å². The number of aryl methyl sites for hydroxylation is 1. The van der Waals surface area contributed by atoms with Crippen LogP contribution in [0.4, 0.5) is 4.79 Å². The average molecular weight is 303 g/mol. The Morgan fingerprint density at radius 2 is 1.95 bits per heavy atom. The van der Waals surface area contributed by atoms with Gasteiger partial charge in [-0.15, -0.1) is 0 Å². The summed E-state index contributed by atoms with van der Waals surface area (Å²) < 4.78 is 9.77. The highest BCUT2D eigenvalue weighted by Gasteiger charge is 2.15. The average Bonchev–Trinajstić information content (AvgIpc) is 2.42. The van der Waals surface area contributed by atoms with Crippen molar-refractivity contribution in [3.8, 4) is 11.8 Å². The molecule has 0 atom stereocenters. The van der Waals surface area contributed by atoms with E-state index in [4.69, 9.17) is 4.74 Å². The molecule has 0 saturated heterocycles. The van der Waals surface area contributed by atoms with Crippen molar-refractivity contribution in [2.45, 2.75) is 33.3 Å². The second-order valence-electron chi connectivity index (χ2n) is 5.68. The van der Waals surface area contributed by atoms with Crippen LogP contribution in [-0.4, -0.2) is 31.3 Å². The molecule has 1 N–H and O–H groups in total. The number of alkyl carbamates (subject to hydrolysis) is 1. The van der Waals surface area contributed by atoms with Crippen molar-refractivity contribution in [1.82, 2.24) is 5.32 Å². The van der Waals surface area contributed by atoms with Crippen LogP contribution in [0.15, 0.2) is 18.2 Å². The Bertz CT molecular complexity index is 618. The number of rotatable bonds is 2. The molecular formula is C17H21NO4. The Kier molecular flexibility index (Phi) is 6.00. The van der Waals surface area contributed by atoms with Crippen LogP contribution in [0.25, 0.3) is 0 Å². The first-order valence-corrected chi connectivity index (χ1v) is 6.87. The molecule has 0 aliphatic rings. The molecule has 0 saturated carbocycles. The van der Waals surface area contributed by atoms with E-state index >= 15 is 0 Å². The molecule has 0 bridgehead atoms. The highest BCUT2D eigenvalue weighted by atomic mass is 16.6. The number of hydrogen-bond acceptors (Lipinski definition) is 4. The van der Waals surface area contributed by atoms with Gasteiger partial charge < -0.3 is 14.8 Å². The van der Waals surface area contributed by atoms with Gasteiger partial charge in [-0.05, 0) is 45.4 Å². The van der Waals surface area contributed by atoms with E-state index in [1.165, 1.54) is 7.11 Å². The topological polar surface area (TPSA) is 64.6 Å². The van der Waals surface area contributed by atoms with Crippen molar-refractivity contribution in [1.29, 1.82) is 0 Å². The lowest BCUT2D eigenvalue weighted by molar-refractivity contribution is 0.0533. The molecule has 1 aromatic rings. The van der Waals surface area contributed by atoms with Crippen molar-refractivity contribution in [3.63, 3.8) is 0 Å². The van der Waals surface area contributed by atoms with Crippen LogP contribution in [0.1, 0.15) is 42.3 Å². The Labute approximate surface area is 131 Å². The molecule has 0 spiro atoms. The number of ether oxygens (including phenoxy) is 2. The molecule has 1 rings (SSSR count). The molecule has 0 unspecified atom stereocenters. The molecule has 1 aromatic carbocycles. The van der Waals surface area contributed by atoms with Gasteiger partial charge >= 0.3 is 12.1 Å². The maximum absolute atomic E-state index is 11.5. The summed E-state index contributed by atoms with van der Waals surface area (Å²) in [4.78, 5) is 22.9. The molecule has 0 aliphatic carbocycles. The van der Waals surface area contributed by atoms with E-state index in [1.807, 2.05) is 6.92 Å². The van der Waals surface area contributed by atoms with Crippen LogP contribution in [0, 0.1) is 18.8 Å². The Morgan fingerprint density at radius 1 is 1.27 bits per heavy atom. The zero-order chi connectivity index (χ0) is 16.8. The van der Waals surface area contributed by atoms with Gasteiger partial charge in [-0.3, -0.25) is 0 Å². The third-order valence-corrected chi connectivity index (χ3v) is 2.60. The number of carbonyl (C=O) groups is 2. The summed E-state index contributed by atoms with van der Waals surface area (Å²) in [5.74, 6) is 5.34. The summed E-state index contributed by atoms with van der Waals surface area (Å²) >= 11 is 0. The number of amides is 1. The largest absolute Gasteiger partial charge is 0.465 e. The van der Waals surface area contributed by atoms with Crippen molar-refractivity contribution < 1.29 is 19.1 Å². The summed E-state index contributed by atoms with van der Waals surface area (Å²) in [6.07, 6.45) is -0.512. The van der Waals surface area contributed by atoms with Crippen LogP contribution < -0.4 is 5.32 Å². The molecule has 5 heteroatoms. The minimum Gasteiger partial charge on any atom is -0.465 e. The Balaban J connectivity index is 2.68. The third kappa shape index (κ3) is 5.88. The van der Waals surface area contributed by atoms with Gasteiger partial charge in [-0.1, -0.05) is 17.9 Å². The molecule has 0 aromatic heterocycles. The first-order chi connectivity index (χ1) is 10.2. The smallest absolute Gasteiger partial charge is 0.408 e. The van der Waals surface area contributed by atoms with E-state index < -0.39 is 17.7 Å². The Morgan fingerprint density at radius 3 is 2.55 bits per heavy atom. The summed E-state index contributed by atoms with van der Waals surface area (Å²) in [5.41, 5.74) is 1.56. The van der Waals surface area contributed by atoms with Crippen LogP contribution in [-0.2, 0) is 9.47 Å². The monoisotopic (exact) mass is 303 g/mol. The fraction of sp³-hybridized carbons (Fsp3) is 0.412. The van der Waals surface area contributed by atoms with Gasteiger partial charge in [0.2, 0.25) is 0 Å². The quantitative estimate of drug-likeness (QED) is 0.674. The summed E-state index contributed by atoms with van der Waals surface area (Å²) in [6, 6.07) is 5.16. The van der Waals surface area contributed by atoms with Crippen LogP contribution in [0.2, 0.25) is 0 Å². The first kappa shape index (κ1) is 17.6. The lowest BCUT2D eigenvalue weighted by atomic mass is 10.1. The number of nitrogens with one attached hydrogen (secondary N) is 1. The minimum atomic E-state index is -0.539. The first-order valence-electron chi connectivity index (χ1n) is 6.87. The van der Waals surface area contributed by atoms with Gasteiger partial charge in [0.05, 0.1) is 19.2 Å². The van der Waals surface area contributed by atoms with E-state index in [0.717, 1.165) is 5.56 Å². The van der Waals surface area contributed by atoms with Crippen molar-refractivity contribution in [2.75, 3.05) is 13.7 Å². The number of hydrogen-bond donors (Lipinski definition) is 1.